The van der Waals surface area contributed by atoms with Gasteiger partial charge < -0.3 is 8.98 Å². The van der Waals surface area contributed by atoms with Crippen LogP contribution in [-0.2, 0) is 5.41 Å². The molecule has 4 heteroatoms. The molecule has 0 saturated carbocycles. The van der Waals surface area contributed by atoms with Crippen LogP contribution in [0.2, 0.25) is 0 Å². The van der Waals surface area contributed by atoms with Gasteiger partial charge in [0.1, 0.15) is 11.4 Å². The summed E-state index contributed by atoms with van der Waals surface area (Å²) in [6, 6.07) is 53.8. The minimum atomic E-state index is -0.0141. The molecule has 3 heterocycles. The summed E-state index contributed by atoms with van der Waals surface area (Å²) in [6.07, 6.45) is 1.94. The number of pyridine rings is 1. The summed E-state index contributed by atoms with van der Waals surface area (Å²) >= 11 is 0. The van der Waals surface area contributed by atoms with Crippen molar-refractivity contribution in [1.82, 2.24) is 14.1 Å². The highest BCUT2D eigenvalue weighted by Crippen LogP contribution is 2.38. The maximum atomic E-state index is 6.77. The summed E-state index contributed by atoms with van der Waals surface area (Å²) in [5, 5.41) is 4.49. The van der Waals surface area contributed by atoms with E-state index in [1.807, 2.05) is 18.3 Å². The highest BCUT2D eigenvalue weighted by atomic mass is 16.3. The van der Waals surface area contributed by atoms with Crippen molar-refractivity contribution in [3.05, 3.63) is 163 Å². The molecule has 49 heavy (non-hydrogen) atoms. The molecular formula is C45H35N3O. The van der Waals surface area contributed by atoms with E-state index >= 15 is 0 Å². The van der Waals surface area contributed by atoms with Gasteiger partial charge in [0.25, 0.3) is 0 Å². The van der Waals surface area contributed by atoms with Crippen molar-refractivity contribution in [3.63, 3.8) is 0 Å². The molecule has 9 rings (SSSR count). The molecule has 0 spiro atoms. The Morgan fingerprint density at radius 1 is 0.469 bits per heavy atom. The first-order chi connectivity index (χ1) is 23.9. The average Bonchev–Trinajstić information content (AvgIpc) is 3.45. The van der Waals surface area contributed by atoms with Gasteiger partial charge in [-0.15, -0.1) is 0 Å². The van der Waals surface area contributed by atoms with Gasteiger partial charge >= 0.3 is 0 Å². The summed E-state index contributed by atoms with van der Waals surface area (Å²) in [5.74, 6) is 0.908. The van der Waals surface area contributed by atoms with Gasteiger partial charge in [0.2, 0.25) is 0 Å². The average molecular weight is 634 g/mol. The van der Waals surface area contributed by atoms with Crippen LogP contribution in [0.5, 0.6) is 0 Å². The van der Waals surface area contributed by atoms with Crippen LogP contribution in [0.3, 0.4) is 0 Å². The van der Waals surface area contributed by atoms with Crippen molar-refractivity contribution in [3.8, 4) is 22.6 Å². The van der Waals surface area contributed by atoms with E-state index in [2.05, 4.69) is 169 Å². The first kappa shape index (κ1) is 29.0. The van der Waals surface area contributed by atoms with Gasteiger partial charge in [-0.3, -0.25) is 4.57 Å². The lowest BCUT2D eigenvalue weighted by Crippen LogP contribution is -2.12. The second-order valence-corrected chi connectivity index (χ2v) is 13.7. The number of fused-ring (bicyclic) bond motifs is 7. The van der Waals surface area contributed by atoms with Crippen molar-refractivity contribution in [2.45, 2.75) is 26.2 Å². The van der Waals surface area contributed by atoms with E-state index in [9.17, 15) is 0 Å². The van der Waals surface area contributed by atoms with Crippen LogP contribution in [0.1, 0.15) is 26.3 Å². The molecule has 0 atom stereocenters. The Kier molecular flexibility index (Phi) is 6.66. The van der Waals surface area contributed by atoms with Gasteiger partial charge in [-0.1, -0.05) is 112 Å². The quantitative estimate of drug-likeness (QED) is 0.194. The van der Waals surface area contributed by atoms with Gasteiger partial charge in [-0.25, -0.2) is 4.98 Å². The first-order valence-corrected chi connectivity index (χ1v) is 16.8. The zero-order valence-corrected chi connectivity index (χ0v) is 27.8. The molecular weight excluding hydrogens is 599 g/mol. The van der Waals surface area contributed by atoms with E-state index in [1.165, 1.54) is 21.9 Å². The van der Waals surface area contributed by atoms with Crippen molar-refractivity contribution in [2.75, 3.05) is 0 Å². The lowest BCUT2D eigenvalue weighted by atomic mass is 9.88. The molecule has 0 aliphatic heterocycles. The second-order valence-electron chi connectivity index (χ2n) is 13.7. The fourth-order valence-corrected chi connectivity index (χ4v) is 7.15. The van der Waals surface area contributed by atoms with Crippen molar-refractivity contribution in [1.29, 1.82) is 0 Å². The maximum absolute atomic E-state index is 6.77. The Morgan fingerprint density at radius 3 is 1.94 bits per heavy atom. The lowest BCUT2D eigenvalue weighted by Gasteiger charge is -2.20. The highest BCUT2D eigenvalue weighted by Gasteiger charge is 2.20. The maximum Gasteiger partial charge on any atom is 0.151 e. The smallest absolute Gasteiger partial charge is 0.151 e. The third kappa shape index (κ3) is 4.87. The Balaban J connectivity index is 1.50. The predicted molar refractivity (Wildman–Crippen MR) is 204 cm³/mol. The molecule has 0 N–H and O–H groups in total. The molecule has 3 aromatic heterocycles. The predicted octanol–water partition coefficient (Wildman–Crippen LogP) is 12.1. The van der Waals surface area contributed by atoms with Crippen molar-refractivity contribution < 1.29 is 4.42 Å². The van der Waals surface area contributed by atoms with Crippen LogP contribution in [-0.4, -0.2) is 14.1 Å². The second kappa shape index (κ2) is 11.2. The number of hydrogen-bond acceptors (Lipinski definition) is 2. The van der Waals surface area contributed by atoms with E-state index < -0.39 is 0 Å². The standard InChI is InChI=1S/C45H35N3O/c1-45(2,3)32-24-25-46-44(27-32)48-38-20-9-7-18-34(38)36-28-37-35-19-8-11-22-42(35)49-43-23-12-10-21-39(43)47(40(37)29-41(36)48)33-17-13-16-31(26-33)30-14-5-4-6-15-30/h4-29H,1-3H3. The normalized spacial score (nSPS) is 12.0. The Morgan fingerprint density at radius 2 is 1.12 bits per heavy atom. The monoisotopic (exact) mass is 633 g/mol. The van der Waals surface area contributed by atoms with Crippen molar-refractivity contribution in [2.24, 2.45) is 0 Å². The number of hydrogen-bond donors (Lipinski definition) is 0. The molecule has 0 unspecified atom stereocenters. The van der Waals surface area contributed by atoms with E-state index in [1.54, 1.807) is 0 Å². The van der Waals surface area contributed by atoms with E-state index in [4.69, 9.17) is 9.40 Å². The van der Waals surface area contributed by atoms with Gasteiger partial charge in [0.05, 0.1) is 22.1 Å². The molecule has 0 radical (unpaired) electrons. The topological polar surface area (TPSA) is 35.9 Å². The van der Waals surface area contributed by atoms with E-state index in [-0.39, 0.29) is 5.41 Å². The summed E-state index contributed by atoms with van der Waals surface area (Å²) in [4.78, 5) is 4.96. The molecule has 0 amide bonds. The molecule has 0 bridgehead atoms. The fraction of sp³-hybridized carbons (Fsp3) is 0.0889. The molecule has 4 nitrogen and oxygen atoms in total. The number of aromatic nitrogens is 3. The third-order valence-electron chi connectivity index (χ3n) is 9.59. The molecule has 9 aromatic rings. The molecule has 0 fully saturated rings. The fourth-order valence-electron chi connectivity index (χ4n) is 7.15. The van der Waals surface area contributed by atoms with Crippen LogP contribution in [0.25, 0.3) is 77.4 Å². The summed E-state index contributed by atoms with van der Waals surface area (Å²) < 4.78 is 11.4. The summed E-state index contributed by atoms with van der Waals surface area (Å²) in [5.41, 5.74) is 10.5. The first-order valence-electron chi connectivity index (χ1n) is 16.8. The number of rotatable bonds is 3. The molecule has 6 aromatic carbocycles. The zero-order chi connectivity index (χ0) is 33.1. The summed E-state index contributed by atoms with van der Waals surface area (Å²) in [6.45, 7) is 6.75. The highest BCUT2D eigenvalue weighted by molar-refractivity contribution is 6.17. The van der Waals surface area contributed by atoms with Crippen molar-refractivity contribution >= 4 is 54.8 Å². The largest absolute Gasteiger partial charge is 0.455 e. The Labute approximate surface area is 284 Å². The summed E-state index contributed by atoms with van der Waals surface area (Å²) in [7, 11) is 0. The molecule has 236 valence electrons. The van der Waals surface area contributed by atoms with E-state index in [0.29, 0.717) is 0 Å². The number of nitrogens with zero attached hydrogens (tertiary/aromatic N) is 3. The third-order valence-corrected chi connectivity index (χ3v) is 9.59. The molecule has 0 saturated heterocycles. The number of para-hydroxylation sites is 4. The van der Waals surface area contributed by atoms with Gasteiger partial charge in [0, 0.05) is 33.4 Å². The number of benzene rings is 6. The van der Waals surface area contributed by atoms with Crippen LogP contribution in [0, 0.1) is 0 Å². The Bertz CT molecular complexity index is 2760. The van der Waals surface area contributed by atoms with Gasteiger partial charge in [-0.2, -0.15) is 0 Å². The van der Waals surface area contributed by atoms with E-state index in [0.717, 1.165) is 61.1 Å². The lowest BCUT2D eigenvalue weighted by molar-refractivity contribution is 0.588. The van der Waals surface area contributed by atoms with Gasteiger partial charge in [-0.05, 0) is 82.8 Å². The minimum absolute atomic E-state index is 0.0141. The molecule has 0 aliphatic rings. The van der Waals surface area contributed by atoms with Crippen LogP contribution in [0.15, 0.2) is 162 Å². The zero-order valence-electron chi connectivity index (χ0n) is 27.8. The molecule has 0 aliphatic carbocycles. The van der Waals surface area contributed by atoms with Crippen LogP contribution < -0.4 is 0 Å². The van der Waals surface area contributed by atoms with Crippen LogP contribution in [0.4, 0.5) is 0 Å². The Hall–Kier alpha value is -6.13. The SMILES string of the molecule is CC(C)(C)c1ccnc(-n2c3ccccc3c3cc4c5ccccc5oc5ccccc5n(-c5cccc(-c6ccccc6)c5)c4cc32)c1. The van der Waals surface area contributed by atoms with Gasteiger partial charge in [0.15, 0.2) is 5.58 Å². The minimum Gasteiger partial charge on any atom is -0.455 e. The van der Waals surface area contributed by atoms with Crippen LogP contribution >= 0.6 is 0 Å².